The first-order chi connectivity index (χ1) is 10.1. The number of carboxylic acid groups (broad SMARTS) is 1. The van der Waals surface area contributed by atoms with E-state index in [1.807, 2.05) is 37.3 Å². The molecule has 3 heteroatoms. The van der Waals surface area contributed by atoms with Crippen molar-refractivity contribution in [2.45, 2.75) is 19.3 Å². The van der Waals surface area contributed by atoms with Crippen LogP contribution < -0.4 is 0 Å². The number of ketones is 1. The quantitative estimate of drug-likeness (QED) is 0.878. The highest BCUT2D eigenvalue weighted by Crippen LogP contribution is 2.38. The maximum Gasteiger partial charge on any atom is 0.307 e. The third-order valence-corrected chi connectivity index (χ3v) is 4.29. The van der Waals surface area contributed by atoms with E-state index in [9.17, 15) is 14.7 Å². The molecule has 21 heavy (non-hydrogen) atoms. The Bertz CT molecular complexity index is 704. The van der Waals surface area contributed by atoms with Gasteiger partial charge in [0.1, 0.15) is 0 Å². The summed E-state index contributed by atoms with van der Waals surface area (Å²) in [5.74, 6) is -1.18. The Balaban J connectivity index is 1.94. The fourth-order valence-corrected chi connectivity index (χ4v) is 3.06. The first-order valence-corrected chi connectivity index (χ1v) is 7.03. The van der Waals surface area contributed by atoms with Crippen molar-refractivity contribution in [3.05, 3.63) is 70.8 Å². The Morgan fingerprint density at radius 3 is 2.43 bits per heavy atom. The second-order valence-corrected chi connectivity index (χ2v) is 5.55. The second-order valence-electron chi connectivity index (χ2n) is 5.55. The van der Waals surface area contributed by atoms with Gasteiger partial charge in [-0.3, -0.25) is 9.59 Å². The summed E-state index contributed by atoms with van der Waals surface area (Å²) in [6.45, 7) is 1.93. The molecule has 0 radical (unpaired) electrons. The van der Waals surface area contributed by atoms with Crippen molar-refractivity contribution in [1.29, 1.82) is 0 Å². The number of benzene rings is 2. The van der Waals surface area contributed by atoms with Crippen LogP contribution in [0.3, 0.4) is 0 Å². The van der Waals surface area contributed by atoms with Crippen LogP contribution in [0.2, 0.25) is 0 Å². The molecule has 0 saturated heterocycles. The molecule has 0 saturated carbocycles. The molecule has 3 rings (SSSR count). The van der Waals surface area contributed by atoms with E-state index in [0.717, 1.165) is 11.1 Å². The van der Waals surface area contributed by atoms with Gasteiger partial charge in [0.25, 0.3) is 0 Å². The van der Waals surface area contributed by atoms with Crippen molar-refractivity contribution in [3.63, 3.8) is 0 Å². The van der Waals surface area contributed by atoms with Crippen LogP contribution in [0.5, 0.6) is 0 Å². The van der Waals surface area contributed by atoms with E-state index < -0.39 is 5.97 Å². The molecular weight excluding hydrogens is 264 g/mol. The number of carbonyl (C=O) groups excluding carboxylic acids is 1. The van der Waals surface area contributed by atoms with Crippen LogP contribution >= 0.6 is 0 Å². The molecule has 2 aromatic carbocycles. The number of fused-ring (bicyclic) bond motifs is 1. The van der Waals surface area contributed by atoms with Gasteiger partial charge in [0.2, 0.25) is 0 Å². The van der Waals surface area contributed by atoms with Gasteiger partial charge in [-0.2, -0.15) is 0 Å². The molecule has 0 aromatic heterocycles. The Labute approximate surface area is 123 Å². The van der Waals surface area contributed by atoms with Crippen LogP contribution in [-0.2, 0) is 11.2 Å². The van der Waals surface area contributed by atoms with Crippen molar-refractivity contribution in [2.24, 2.45) is 5.92 Å². The standard InChI is InChI=1S/C18H16O3/c1-11-15-8-7-13(9-14(15)10-16(11)18(20)21)17(19)12-5-3-2-4-6-12/h2-9,11,16H,10H2,1H3,(H,20,21). The maximum atomic E-state index is 12.4. The summed E-state index contributed by atoms with van der Waals surface area (Å²) >= 11 is 0. The number of hydrogen-bond donors (Lipinski definition) is 1. The third kappa shape index (κ3) is 2.35. The molecule has 2 unspecified atom stereocenters. The molecule has 0 bridgehead atoms. The van der Waals surface area contributed by atoms with Crippen LogP contribution in [0, 0.1) is 5.92 Å². The molecule has 2 atom stereocenters. The van der Waals surface area contributed by atoms with E-state index in [0.29, 0.717) is 17.5 Å². The highest BCUT2D eigenvalue weighted by molar-refractivity contribution is 6.09. The lowest BCUT2D eigenvalue weighted by molar-refractivity contribution is -0.142. The molecule has 1 aliphatic carbocycles. The van der Waals surface area contributed by atoms with Gasteiger partial charge in [-0.25, -0.2) is 0 Å². The summed E-state index contributed by atoms with van der Waals surface area (Å²) in [5, 5.41) is 9.25. The molecule has 0 heterocycles. The minimum atomic E-state index is -0.769. The zero-order valence-corrected chi connectivity index (χ0v) is 11.7. The van der Waals surface area contributed by atoms with Gasteiger partial charge < -0.3 is 5.11 Å². The normalized spacial score (nSPS) is 20.0. The summed E-state index contributed by atoms with van der Waals surface area (Å²) < 4.78 is 0. The summed E-state index contributed by atoms with van der Waals surface area (Å²) in [4.78, 5) is 23.7. The van der Waals surface area contributed by atoms with E-state index in [4.69, 9.17) is 0 Å². The molecule has 106 valence electrons. The van der Waals surface area contributed by atoms with E-state index in [2.05, 4.69) is 0 Å². The minimum Gasteiger partial charge on any atom is -0.481 e. The Morgan fingerprint density at radius 1 is 1.05 bits per heavy atom. The monoisotopic (exact) mass is 280 g/mol. The highest BCUT2D eigenvalue weighted by Gasteiger charge is 2.34. The van der Waals surface area contributed by atoms with Crippen LogP contribution in [-0.4, -0.2) is 16.9 Å². The number of rotatable bonds is 3. The topological polar surface area (TPSA) is 54.4 Å². The van der Waals surface area contributed by atoms with Crippen LogP contribution in [0.25, 0.3) is 0 Å². The first kappa shape index (κ1) is 13.6. The number of carbonyl (C=O) groups is 2. The Morgan fingerprint density at radius 2 is 1.76 bits per heavy atom. The largest absolute Gasteiger partial charge is 0.481 e. The lowest BCUT2D eigenvalue weighted by Crippen LogP contribution is -2.16. The molecule has 0 fully saturated rings. The van der Waals surface area contributed by atoms with Crippen molar-refractivity contribution in [1.82, 2.24) is 0 Å². The average molecular weight is 280 g/mol. The van der Waals surface area contributed by atoms with Gasteiger partial charge in [0, 0.05) is 11.1 Å². The maximum absolute atomic E-state index is 12.4. The molecule has 3 nitrogen and oxygen atoms in total. The number of hydrogen-bond acceptors (Lipinski definition) is 2. The summed E-state index contributed by atoms with van der Waals surface area (Å²) in [6, 6.07) is 14.7. The first-order valence-electron chi connectivity index (χ1n) is 7.03. The lowest BCUT2D eigenvalue weighted by Gasteiger charge is -2.10. The van der Waals surface area contributed by atoms with Crippen molar-refractivity contribution in [3.8, 4) is 0 Å². The zero-order valence-electron chi connectivity index (χ0n) is 11.7. The second kappa shape index (κ2) is 5.17. The molecule has 2 aromatic rings. The van der Waals surface area contributed by atoms with Crippen molar-refractivity contribution in [2.75, 3.05) is 0 Å². The predicted octanol–water partition coefficient (Wildman–Crippen LogP) is 3.28. The van der Waals surface area contributed by atoms with Gasteiger partial charge >= 0.3 is 5.97 Å². The Hall–Kier alpha value is -2.42. The number of aliphatic carboxylic acids is 1. The van der Waals surface area contributed by atoms with Gasteiger partial charge in [-0.15, -0.1) is 0 Å². The smallest absolute Gasteiger partial charge is 0.307 e. The van der Waals surface area contributed by atoms with E-state index in [1.54, 1.807) is 18.2 Å². The van der Waals surface area contributed by atoms with Crippen molar-refractivity contribution >= 4 is 11.8 Å². The predicted molar refractivity (Wildman–Crippen MR) is 79.6 cm³/mol. The van der Waals surface area contributed by atoms with Gasteiger partial charge in [-0.1, -0.05) is 49.4 Å². The molecular formula is C18H16O3. The fraction of sp³-hybridized carbons (Fsp3) is 0.222. The summed E-state index contributed by atoms with van der Waals surface area (Å²) in [7, 11) is 0. The average Bonchev–Trinajstić information content (AvgIpc) is 2.84. The van der Waals surface area contributed by atoms with Gasteiger partial charge in [0.05, 0.1) is 5.92 Å². The van der Waals surface area contributed by atoms with Gasteiger partial charge in [-0.05, 0) is 29.5 Å². The van der Waals surface area contributed by atoms with Gasteiger partial charge in [0.15, 0.2) is 5.78 Å². The van der Waals surface area contributed by atoms with Crippen molar-refractivity contribution < 1.29 is 14.7 Å². The van der Waals surface area contributed by atoms with E-state index in [-0.39, 0.29) is 17.6 Å². The van der Waals surface area contributed by atoms with Crippen LogP contribution in [0.4, 0.5) is 0 Å². The molecule has 1 N–H and O–H groups in total. The van der Waals surface area contributed by atoms with Crippen LogP contribution in [0.15, 0.2) is 48.5 Å². The lowest BCUT2D eigenvalue weighted by atomic mass is 9.94. The molecule has 0 aliphatic heterocycles. The number of carboxylic acids is 1. The molecule has 1 aliphatic rings. The summed E-state index contributed by atoms with van der Waals surface area (Å²) in [6.07, 6.45) is 0.502. The molecule has 0 spiro atoms. The Kier molecular flexibility index (Phi) is 3.34. The minimum absolute atomic E-state index is 0.00150. The fourth-order valence-electron chi connectivity index (χ4n) is 3.06. The van der Waals surface area contributed by atoms with E-state index in [1.165, 1.54) is 0 Å². The summed E-state index contributed by atoms with van der Waals surface area (Å²) in [5.41, 5.74) is 3.31. The highest BCUT2D eigenvalue weighted by atomic mass is 16.4. The van der Waals surface area contributed by atoms with Crippen LogP contribution in [0.1, 0.15) is 39.9 Å². The zero-order chi connectivity index (χ0) is 15.0. The molecule has 0 amide bonds. The third-order valence-electron chi connectivity index (χ3n) is 4.29. The van der Waals surface area contributed by atoms with E-state index >= 15 is 0 Å². The SMILES string of the molecule is CC1c2ccc(C(=O)c3ccccc3)cc2CC1C(=O)O.